The van der Waals surface area contributed by atoms with Crippen molar-refractivity contribution in [2.24, 2.45) is 0 Å². The van der Waals surface area contributed by atoms with Gasteiger partial charge < -0.3 is 20.0 Å². The van der Waals surface area contributed by atoms with Gasteiger partial charge in [0.05, 0.1) is 0 Å². The van der Waals surface area contributed by atoms with Crippen LogP contribution in [0.5, 0.6) is 0 Å². The Morgan fingerprint density at radius 1 is 1.14 bits per heavy atom. The lowest BCUT2D eigenvalue weighted by molar-refractivity contribution is -0.161. The average molecular weight is 401 g/mol. The summed E-state index contributed by atoms with van der Waals surface area (Å²) in [4.78, 5) is 44.0. The van der Waals surface area contributed by atoms with Crippen LogP contribution < -0.4 is 5.32 Å². The van der Waals surface area contributed by atoms with E-state index in [0.717, 1.165) is 44.3 Å². The van der Waals surface area contributed by atoms with Gasteiger partial charge in [-0.25, -0.2) is 0 Å². The number of piperazine rings is 1. The van der Waals surface area contributed by atoms with Gasteiger partial charge in [0.25, 0.3) is 0 Å². The van der Waals surface area contributed by atoms with Crippen molar-refractivity contribution in [3.63, 3.8) is 0 Å². The first-order chi connectivity index (χ1) is 14.0. The summed E-state index contributed by atoms with van der Waals surface area (Å²) >= 11 is 0. The summed E-state index contributed by atoms with van der Waals surface area (Å²) in [6, 6.07) is 8.72. The summed E-state index contributed by atoms with van der Waals surface area (Å²) in [5.41, 5.74) is 0.751. The van der Waals surface area contributed by atoms with E-state index >= 15 is 0 Å². The van der Waals surface area contributed by atoms with Crippen molar-refractivity contribution < 1.29 is 14.4 Å². The topological polar surface area (TPSA) is 73.0 Å². The third-order valence-corrected chi connectivity index (χ3v) is 5.99. The highest BCUT2D eigenvalue weighted by atomic mass is 16.2. The Morgan fingerprint density at radius 3 is 2.48 bits per heavy atom. The van der Waals surface area contributed by atoms with Crippen molar-refractivity contribution in [3.8, 4) is 0 Å². The highest BCUT2D eigenvalue weighted by Crippen LogP contribution is 2.27. The SMILES string of the molecule is CCCCN1CCN([C@@H](C(=O)N(C)C2CCNCC2)c2ccccc2)C(=O)C1=O. The maximum atomic E-state index is 13.5. The van der Waals surface area contributed by atoms with Crippen LogP contribution in [0, 0.1) is 0 Å². The van der Waals surface area contributed by atoms with Crippen molar-refractivity contribution in [2.75, 3.05) is 39.8 Å². The monoisotopic (exact) mass is 400 g/mol. The van der Waals surface area contributed by atoms with Gasteiger partial charge in [-0.3, -0.25) is 14.4 Å². The van der Waals surface area contributed by atoms with Crippen LogP contribution in [-0.2, 0) is 14.4 Å². The van der Waals surface area contributed by atoms with E-state index in [0.29, 0.717) is 19.6 Å². The molecule has 2 heterocycles. The third-order valence-electron chi connectivity index (χ3n) is 5.99. The zero-order chi connectivity index (χ0) is 20.8. The van der Waals surface area contributed by atoms with Crippen LogP contribution in [0.2, 0.25) is 0 Å². The van der Waals surface area contributed by atoms with E-state index in [9.17, 15) is 14.4 Å². The van der Waals surface area contributed by atoms with Gasteiger partial charge in [0.15, 0.2) is 0 Å². The predicted octanol–water partition coefficient (Wildman–Crippen LogP) is 1.41. The number of nitrogens with zero attached hydrogens (tertiary/aromatic N) is 3. The molecule has 29 heavy (non-hydrogen) atoms. The van der Waals surface area contributed by atoms with E-state index in [1.54, 1.807) is 9.80 Å². The second-order valence-electron chi connectivity index (χ2n) is 7.89. The molecule has 0 spiro atoms. The molecule has 2 aliphatic heterocycles. The van der Waals surface area contributed by atoms with E-state index in [1.807, 2.05) is 37.4 Å². The number of nitrogens with one attached hydrogen (secondary N) is 1. The number of piperidine rings is 1. The number of rotatable bonds is 7. The predicted molar refractivity (Wildman–Crippen MR) is 111 cm³/mol. The van der Waals surface area contributed by atoms with Crippen molar-refractivity contribution in [1.82, 2.24) is 20.0 Å². The van der Waals surface area contributed by atoms with Crippen molar-refractivity contribution in [2.45, 2.75) is 44.7 Å². The Kier molecular flexibility index (Phi) is 7.25. The van der Waals surface area contributed by atoms with Crippen LogP contribution in [0.15, 0.2) is 30.3 Å². The number of hydrogen-bond acceptors (Lipinski definition) is 4. The van der Waals surface area contributed by atoms with Gasteiger partial charge >= 0.3 is 11.8 Å². The fourth-order valence-corrected chi connectivity index (χ4v) is 4.16. The molecule has 2 fully saturated rings. The maximum Gasteiger partial charge on any atom is 0.313 e. The molecule has 2 saturated heterocycles. The fraction of sp³-hybridized carbons (Fsp3) is 0.591. The van der Waals surface area contributed by atoms with Gasteiger partial charge in [0.1, 0.15) is 6.04 Å². The van der Waals surface area contributed by atoms with Gasteiger partial charge in [0, 0.05) is 32.7 Å². The normalized spacial score (nSPS) is 19.4. The van der Waals surface area contributed by atoms with E-state index < -0.39 is 17.9 Å². The Balaban J connectivity index is 1.83. The fourth-order valence-electron chi connectivity index (χ4n) is 4.16. The lowest BCUT2D eigenvalue weighted by atomic mass is 9.99. The van der Waals surface area contributed by atoms with E-state index in [4.69, 9.17) is 0 Å². The van der Waals surface area contributed by atoms with Gasteiger partial charge in [-0.2, -0.15) is 0 Å². The molecule has 0 radical (unpaired) electrons. The molecule has 7 heteroatoms. The summed E-state index contributed by atoms with van der Waals surface area (Å²) in [7, 11) is 1.82. The Bertz CT molecular complexity index is 718. The number of unbranched alkanes of at least 4 members (excludes halogenated alkanes) is 1. The quantitative estimate of drug-likeness (QED) is 0.703. The minimum Gasteiger partial charge on any atom is -0.341 e. The van der Waals surface area contributed by atoms with Crippen LogP contribution in [0.1, 0.15) is 44.2 Å². The molecule has 1 atom stereocenters. The largest absolute Gasteiger partial charge is 0.341 e. The number of amides is 3. The Morgan fingerprint density at radius 2 is 1.83 bits per heavy atom. The van der Waals surface area contributed by atoms with Crippen molar-refractivity contribution in [3.05, 3.63) is 35.9 Å². The first-order valence-corrected chi connectivity index (χ1v) is 10.7. The number of benzene rings is 1. The highest BCUT2D eigenvalue weighted by molar-refractivity contribution is 6.35. The molecule has 1 aromatic carbocycles. The highest BCUT2D eigenvalue weighted by Gasteiger charge is 2.41. The van der Waals surface area contributed by atoms with Gasteiger partial charge in [-0.15, -0.1) is 0 Å². The van der Waals surface area contributed by atoms with Crippen LogP contribution in [0.3, 0.4) is 0 Å². The van der Waals surface area contributed by atoms with E-state index in [1.165, 1.54) is 4.90 Å². The standard InChI is InChI=1S/C22H32N4O3/c1-3-4-14-25-15-16-26(22(29)21(25)28)19(17-8-6-5-7-9-17)20(27)24(2)18-10-12-23-13-11-18/h5-9,18-19,23H,3-4,10-16H2,1-2H3/t19-/m1/s1. The molecule has 1 N–H and O–H groups in total. The van der Waals surface area contributed by atoms with Gasteiger partial charge in [-0.1, -0.05) is 43.7 Å². The van der Waals surface area contributed by atoms with Crippen molar-refractivity contribution in [1.29, 1.82) is 0 Å². The number of hydrogen-bond donors (Lipinski definition) is 1. The number of likely N-dealkylation sites (N-methyl/N-ethyl adjacent to an activating group) is 1. The molecule has 2 aliphatic rings. The second-order valence-corrected chi connectivity index (χ2v) is 7.89. The smallest absolute Gasteiger partial charge is 0.313 e. The number of carbonyl (C=O) groups excluding carboxylic acids is 3. The minimum atomic E-state index is -0.763. The first-order valence-electron chi connectivity index (χ1n) is 10.7. The molecule has 158 valence electrons. The molecule has 7 nitrogen and oxygen atoms in total. The molecule has 0 saturated carbocycles. The Labute approximate surface area is 173 Å². The molecule has 0 bridgehead atoms. The summed E-state index contributed by atoms with van der Waals surface area (Å²) in [5, 5.41) is 3.31. The Hall–Kier alpha value is -2.41. The second kappa shape index (κ2) is 9.87. The lowest BCUT2D eigenvalue weighted by Crippen LogP contribution is -2.58. The average Bonchev–Trinajstić information content (AvgIpc) is 2.77. The summed E-state index contributed by atoms with van der Waals surface area (Å²) in [5.74, 6) is -1.19. The minimum absolute atomic E-state index is 0.119. The van der Waals surface area contributed by atoms with E-state index in [-0.39, 0.29) is 11.9 Å². The zero-order valence-electron chi connectivity index (χ0n) is 17.5. The van der Waals surface area contributed by atoms with Gasteiger partial charge in [-0.05, 0) is 37.9 Å². The molecule has 0 aromatic heterocycles. The first kappa shape index (κ1) is 21.3. The molecule has 0 aliphatic carbocycles. The lowest BCUT2D eigenvalue weighted by Gasteiger charge is -2.41. The van der Waals surface area contributed by atoms with E-state index in [2.05, 4.69) is 12.2 Å². The van der Waals surface area contributed by atoms with Gasteiger partial charge in [0.2, 0.25) is 5.91 Å². The molecular formula is C22H32N4O3. The molecular weight excluding hydrogens is 368 g/mol. The maximum absolute atomic E-state index is 13.5. The zero-order valence-corrected chi connectivity index (χ0v) is 17.5. The van der Waals surface area contributed by atoms with Crippen LogP contribution in [0.4, 0.5) is 0 Å². The van der Waals surface area contributed by atoms with Crippen LogP contribution >= 0.6 is 0 Å². The summed E-state index contributed by atoms with van der Waals surface area (Å²) in [6.45, 7) is 5.26. The van der Waals surface area contributed by atoms with Crippen LogP contribution in [0.25, 0.3) is 0 Å². The molecule has 0 unspecified atom stereocenters. The van der Waals surface area contributed by atoms with Crippen LogP contribution in [-0.4, -0.2) is 78.2 Å². The molecule has 3 rings (SSSR count). The number of carbonyl (C=O) groups is 3. The third kappa shape index (κ3) is 4.78. The summed E-state index contributed by atoms with van der Waals surface area (Å²) < 4.78 is 0. The molecule has 1 aromatic rings. The van der Waals surface area contributed by atoms with Crippen molar-refractivity contribution >= 4 is 17.7 Å². The molecule has 3 amide bonds. The summed E-state index contributed by atoms with van der Waals surface area (Å²) in [6.07, 6.45) is 3.62.